The Kier molecular flexibility index (Phi) is 8.19. The quantitative estimate of drug-likeness (QED) is 0.361. The lowest BCUT2D eigenvalue weighted by atomic mass is 9.43. The molecule has 1 aliphatic heterocycles. The van der Waals surface area contributed by atoms with E-state index >= 15 is 0 Å². The summed E-state index contributed by atoms with van der Waals surface area (Å²) in [5.41, 5.74) is 0.849. The van der Waals surface area contributed by atoms with Gasteiger partial charge in [-0.1, -0.05) is 44.2 Å². The van der Waals surface area contributed by atoms with Gasteiger partial charge in [-0.15, -0.1) is 0 Å². The third-order valence-electron chi connectivity index (χ3n) is 9.00. The van der Waals surface area contributed by atoms with Crippen molar-refractivity contribution in [2.45, 2.75) is 76.6 Å². The first-order valence-corrected chi connectivity index (χ1v) is 14.9. The van der Waals surface area contributed by atoms with Crippen molar-refractivity contribution in [2.75, 3.05) is 19.8 Å². The molecule has 38 heavy (non-hydrogen) atoms. The van der Waals surface area contributed by atoms with Gasteiger partial charge in [-0.05, 0) is 61.8 Å². The molecular formula is C26H40BN3O7S. The first-order valence-electron chi connectivity index (χ1n) is 13.3. The number of carbonyl (C=O) groups is 2. The van der Waals surface area contributed by atoms with E-state index in [1.54, 1.807) is 0 Å². The summed E-state index contributed by atoms with van der Waals surface area (Å²) in [6, 6.07) is 8.51. The standard InChI is InChI=1S/C26H40BN3O7S/c1-25(2)18-14-20(25)26(3)21(15-18)36-27(37-26)22(13-9-12-17-10-7-6-8-11-17)29-23(31)19(28-24(32)33)16-38(34,35)30(4)5/h6-8,10-11,18-22,28H,9,12-16H2,1-5H3,(H,29,31)(H,32,33)/t18-,19?,20-,21+,22-,26-/m0/s1. The maximum atomic E-state index is 13.3. The Hall–Kier alpha value is -2.15. The largest absolute Gasteiger partial charge is 0.481 e. The van der Waals surface area contributed by atoms with Gasteiger partial charge in [0.25, 0.3) is 0 Å². The van der Waals surface area contributed by atoms with Crippen LogP contribution in [0.5, 0.6) is 0 Å². The van der Waals surface area contributed by atoms with Crippen LogP contribution in [0.3, 0.4) is 0 Å². The van der Waals surface area contributed by atoms with Crippen LogP contribution in [0.25, 0.3) is 0 Å². The number of rotatable bonds is 11. The average Bonchev–Trinajstić information content (AvgIpc) is 3.20. The van der Waals surface area contributed by atoms with Gasteiger partial charge in [0.1, 0.15) is 6.04 Å². The summed E-state index contributed by atoms with van der Waals surface area (Å²) in [7, 11) is -1.89. The van der Waals surface area contributed by atoms with Crippen molar-refractivity contribution in [1.82, 2.24) is 14.9 Å². The number of hydrogen-bond donors (Lipinski definition) is 3. The summed E-state index contributed by atoms with van der Waals surface area (Å²) in [6.45, 7) is 6.65. The summed E-state index contributed by atoms with van der Waals surface area (Å²) in [5.74, 6) is -1.08. The fourth-order valence-electron chi connectivity index (χ4n) is 6.49. The minimum Gasteiger partial charge on any atom is -0.465 e. The molecule has 3 N–H and O–H groups in total. The second kappa shape index (κ2) is 10.8. The van der Waals surface area contributed by atoms with Crippen molar-refractivity contribution >= 4 is 29.1 Å². The monoisotopic (exact) mass is 549 g/mol. The number of carboxylic acid groups (broad SMARTS) is 1. The molecule has 1 aromatic rings. The highest BCUT2D eigenvalue weighted by molar-refractivity contribution is 7.89. The first-order chi connectivity index (χ1) is 17.7. The molecule has 0 spiro atoms. The average molecular weight is 549 g/mol. The van der Waals surface area contributed by atoms with Crippen molar-refractivity contribution in [3.8, 4) is 0 Å². The number of sulfonamides is 1. The molecule has 210 valence electrons. The van der Waals surface area contributed by atoms with Crippen LogP contribution >= 0.6 is 0 Å². The Morgan fingerprint density at radius 3 is 2.45 bits per heavy atom. The van der Waals surface area contributed by atoms with Crippen LogP contribution < -0.4 is 10.6 Å². The fraction of sp³-hybridized carbons (Fsp3) is 0.692. The van der Waals surface area contributed by atoms with Crippen molar-refractivity contribution in [3.63, 3.8) is 0 Å². The predicted octanol–water partition coefficient (Wildman–Crippen LogP) is 2.29. The molecule has 0 aromatic heterocycles. The zero-order valence-electron chi connectivity index (χ0n) is 22.8. The molecule has 1 heterocycles. The smallest absolute Gasteiger partial charge is 0.465 e. The molecule has 6 atom stereocenters. The van der Waals surface area contributed by atoms with E-state index in [0.29, 0.717) is 18.3 Å². The number of hydrogen-bond acceptors (Lipinski definition) is 6. The lowest BCUT2D eigenvalue weighted by Crippen LogP contribution is -2.65. The van der Waals surface area contributed by atoms with E-state index < -0.39 is 52.5 Å². The van der Waals surface area contributed by atoms with Gasteiger partial charge in [0.15, 0.2) is 0 Å². The number of nitrogens with one attached hydrogen (secondary N) is 2. The minimum absolute atomic E-state index is 0.0835. The Morgan fingerprint density at radius 2 is 1.84 bits per heavy atom. The van der Waals surface area contributed by atoms with Crippen molar-refractivity contribution in [3.05, 3.63) is 35.9 Å². The SMILES string of the molecule is CN(C)S(=O)(=O)CC(NC(=O)O)C(=O)N[C@@H](CCCc1ccccc1)B1O[C@@H]2C[C@@H]3C[C@@H](C3(C)C)[C@]2(C)O1. The molecule has 1 aromatic carbocycles. The molecule has 2 bridgehead atoms. The third-order valence-corrected chi connectivity index (χ3v) is 10.9. The Balaban J connectivity index is 1.51. The molecule has 5 rings (SSSR count). The van der Waals surface area contributed by atoms with Crippen LogP contribution in [-0.2, 0) is 30.5 Å². The van der Waals surface area contributed by atoms with E-state index in [1.807, 2.05) is 30.3 Å². The highest BCUT2D eigenvalue weighted by Crippen LogP contribution is 2.65. The fourth-order valence-corrected chi connectivity index (χ4v) is 7.45. The molecule has 2 amide bonds. The molecule has 3 aliphatic carbocycles. The number of benzene rings is 1. The van der Waals surface area contributed by atoms with Gasteiger partial charge >= 0.3 is 13.2 Å². The van der Waals surface area contributed by atoms with Gasteiger partial charge < -0.3 is 25.0 Å². The van der Waals surface area contributed by atoms with Crippen molar-refractivity contribution in [2.24, 2.45) is 17.3 Å². The maximum absolute atomic E-state index is 13.3. The minimum atomic E-state index is -3.85. The topological polar surface area (TPSA) is 134 Å². The van der Waals surface area contributed by atoms with Crippen molar-refractivity contribution < 1.29 is 32.4 Å². The van der Waals surface area contributed by atoms with E-state index in [2.05, 4.69) is 31.4 Å². The second-order valence-corrected chi connectivity index (χ2v) is 14.1. The van der Waals surface area contributed by atoms with Crippen LogP contribution in [0.2, 0.25) is 0 Å². The Bertz CT molecular complexity index is 1130. The highest BCUT2D eigenvalue weighted by atomic mass is 32.2. The summed E-state index contributed by atoms with van der Waals surface area (Å²) in [6.07, 6.45) is 2.45. The highest BCUT2D eigenvalue weighted by Gasteiger charge is 2.68. The van der Waals surface area contributed by atoms with E-state index in [4.69, 9.17) is 9.31 Å². The molecule has 4 aliphatic rings. The number of carbonyl (C=O) groups excluding carboxylic acids is 1. The zero-order valence-corrected chi connectivity index (χ0v) is 23.7. The summed E-state index contributed by atoms with van der Waals surface area (Å²) in [4.78, 5) is 24.7. The molecule has 4 fully saturated rings. The Labute approximate surface area is 226 Å². The third kappa shape index (κ3) is 5.73. The molecule has 10 nitrogen and oxygen atoms in total. The number of aryl methyl sites for hydroxylation is 1. The van der Waals surface area contributed by atoms with Crippen LogP contribution in [0.4, 0.5) is 4.79 Å². The van der Waals surface area contributed by atoms with Crippen LogP contribution in [0, 0.1) is 17.3 Å². The number of nitrogens with zero attached hydrogens (tertiary/aromatic N) is 1. The summed E-state index contributed by atoms with van der Waals surface area (Å²) >= 11 is 0. The predicted molar refractivity (Wildman–Crippen MR) is 144 cm³/mol. The van der Waals surface area contributed by atoms with Crippen LogP contribution in [0.1, 0.15) is 52.0 Å². The Morgan fingerprint density at radius 1 is 1.16 bits per heavy atom. The van der Waals surface area contributed by atoms with E-state index in [9.17, 15) is 23.1 Å². The van der Waals surface area contributed by atoms with E-state index in [-0.39, 0.29) is 11.5 Å². The normalized spacial score (nSPS) is 29.2. The summed E-state index contributed by atoms with van der Waals surface area (Å²) in [5, 5.41) is 14.2. The van der Waals surface area contributed by atoms with Gasteiger partial charge in [0.05, 0.1) is 23.4 Å². The lowest BCUT2D eigenvalue weighted by Gasteiger charge is -2.64. The molecule has 1 saturated heterocycles. The number of amides is 2. The molecule has 12 heteroatoms. The maximum Gasteiger partial charge on any atom is 0.481 e. The first kappa shape index (κ1) is 28.9. The molecule has 1 unspecified atom stereocenters. The van der Waals surface area contributed by atoms with Gasteiger partial charge in [0.2, 0.25) is 15.9 Å². The lowest BCUT2D eigenvalue weighted by molar-refractivity contribution is -0.199. The molecular weight excluding hydrogens is 509 g/mol. The van der Waals surface area contributed by atoms with Crippen LogP contribution in [-0.4, -0.2) is 80.5 Å². The molecule has 0 radical (unpaired) electrons. The van der Waals surface area contributed by atoms with E-state index in [0.717, 1.165) is 35.6 Å². The second-order valence-electron chi connectivity index (χ2n) is 11.9. The molecule has 3 saturated carbocycles. The summed E-state index contributed by atoms with van der Waals surface area (Å²) < 4.78 is 39.0. The zero-order chi connectivity index (χ0) is 27.9. The van der Waals surface area contributed by atoms with E-state index in [1.165, 1.54) is 14.1 Å². The van der Waals surface area contributed by atoms with Crippen LogP contribution in [0.15, 0.2) is 30.3 Å². The van der Waals surface area contributed by atoms with Gasteiger partial charge in [0, 0.05) is 14.1 Å². The van der Waals surface area contributed by atoms with Crippen molar-refractivity contribution in [1.29, 1.82) is 0 Å². The van der Waals surface area contributed by atoms with Gasteiger partial charge in [-0.2, -0.15) is 0 Å². The van der Waals surface area contributed by atoms with Gasteiger partial charge in [-0.25, -0.2) is 17.5 Å². The van der Waals surface area contributed by atoms with Gasteiger partial charge in [-0.3, -0.25) is 4.79 Å².